The van der Waals surface area contributed by atoms with E-state index in [4.69, 9.17) is 14.2 Å². The van der Waals surface area contributed by atoms with Crippen LogP contribution in [0.2, 0.25) is 0 Å². The molecule has 0 radical (unpaired) electrons. The minimum absolute atomic E-state index is 0.256. The Morgan fingerprint density at radius 3 is 2.59 bits per heavy atom. The molecule has 22 heavy (non-hydrogen) atoms. The van der Waals surface area contributed by atoms with Gasteiger partial charge in [0, 0.05) is 17.1 Å². The smallest absolute Gasteiger partial charge is 0.162 e. The summed E-state index contributed by atoms with van der Waals surface area (Å²) in [5.41, 5.74) is 0. The van der Waals surface area contributed by atoms with Crippen molar-refractivity contribution in [1.82, 2.24) is 0 Å². The topological polar surface area (TPSA) is 27.7 Å². The minimum Gasteiger partial charge on any atom is -0.493 e. The Morgan fingerprint density at radius 2 is 1.77 bits per heavy atom. The van der Waals surface area contributed by atoms with Gasteiger partial charge in [0.05, 0.1) is 19.8 Å². The number of benzene rings is 2. The van der Waals surface area contributed by atoms with Crippen LogP contribution < -0.4 is 14.2 Å². The monoisotopic (exact) mass is 320 g/mol. The predicted molar refractivity (Wildman–Crippen MR) is 84.7 cm³/mol. The average Bonchev–Trinajstić information content (AvgIpc) is 2.78. The van der Waals surface area contributed by atoms with E-state index in [2.05, 4.69) is 0 Å². The van der Waals surface area contributed by atoms with Crippen molar-refractivity contribution in [2.45, 2.75) is 11.3 Å². The standard InChI is InChI=1S/C17H17FO3S/c18-13-2-4-14(5-3-13)19-10-11-22-15-6-7-16-17(12-15)21-9-1-8-20-16/h2-7,12H,1,8-11H2. The van der Waals surface area contributed by atoms with Gasteiger partial charge in [-0.1, -0.05) is 0 Å². The summed E-state index contributed by atoms with van der Waals surface area (Å²) in [5, 5.41) is 0. The summed E-state index contributed by atoms with van der Waals surface area (Å²) in [5.74, 6) is 2.85. The molecule has 0 N–H and O–H groups in total. The summed E-state index contributed by atoms with van der Waals surface area (Å²) < 4.78 is 29.6. The molecule has 2 aromatic carbocycles. The van der Waals surface area contributed by atoms with Gasteiger partial charge in [-0.2, -0.15) is 0 Å². The average molecular weight is 320 g/mol. The molecule has 1 aliphatic heterocycles. The lowest BCUT2D eigenvalue weighted by Crippen LogP contribution is -2.00. The fourth-order valence-electron chi connectivity index (χ4n) is 2.08. The van der Waals surface area contributed by atoms with Crippen LogP contribution in [0.15, 0.2) is 47.4 Å². The molecule has 116 valence electrons. The molecule has 0 unspecified atom stereocenters. The number of halogens is 1. The third kappa shape index (κ3) is 4.07. The first-order valence-corrected chi connectivity index (χ1v) is 8.21. The fourth-order valence-corrected chi connectivity index (χ4v) is 2.84. The van der Waals surface area contributed by atoms with Crippen LogP contribution in [0.4, 0.5) is 4.39 Å². The van der Waals surface area contributed by atoms with E-state index in [0.29, 0.717) is 25.6 Å². The normalized spacial score (nSPS) is 13.5. The molecule has 0 saturated heterocycles. The van der Waals surface area contributed by atoms with Gasteiger partial charge in [-0.05, 0) is 42.5 Å². The molecule has 0 fully saturated rings. The van der Waals surface area contributed by atoms with E-state index in [1.807, 2.05) is 18.2 Å². The van der Waals surface area contributed by atoms with Crippen molar-refractivity contribution in [2.24, 2.45) is 0 Å². The first kappa shape index (κ1) is 15.0. The molecule has 0 amide bonds. The van der Waals surface area contributed by atoms with E-state index in [0.717, 1.165) is 28.6 Å². The molecule has 1 aliphatic rings. The number of rotatable bonds is 5. The van der Waals surface area contributed by atoms with Gasteiger partial charge in [-0.15, -0.1) is 11.8 Å². The van der Waals surface area contributed by atoms with Crippen LogP contribution in [0, 0.1) is 5.82 Å². The summed E-state index contributed by atoms with van der Waals surface area (Å²) in [4.78, 5) is 1.12. The molecule has 3 nitrogen and oxygen atoms in total. The van der Waals surface area contributed by atoms with E-state index in [9.17, 15) is 4.39 Å². The first-order chi connectivity index (χ1) is 10.8. The maximum absolute atomic E-state index is 12.8. The summed E-state index contributed by atoms with van der Waals surface area (Å²) in [7, 11) is 0. The molecule has 2 aromatic rings. The third-order valence-electron chi connectivity index (χ3n) is 3.15. The number of ether oxygens (including phenoxy) is 3. The van der Waals surface area contributed by atoms with Crippen molar-refractivity contribution < 1.29 is 18.6 Å². The molecule has 0 saturated carbocycles. The Morgan fingerprint density at radius 1 is 1.00 bits per heavy atom. The maximum Gasteiger partial charge on any atom is 0.162 e. The highest BCUT2D eigenvalue weighted by molar-refractivity contribution is 7.99. The Balaban J connectivity index is 1.49. The molecule has 0 spiro atoms. The van der Waals surface area contributed by atoms with Gasteiger partial charge in [0.15, 0.2) is 11.5 Å². The van der Waals surface area contributed by atoms with Gasteiger partial charge in [0.2, 0.25) is 0 Å². The zero-order chi connectivity index (χ0) is 15.2. The first-order valence-electron chi connectivity index (χ1n) is 7.22. The molecular formula is C17H17FO3S. The summed E-state index contributed by atoms with van der Waals surface area (Å²) in [6.07, 6.45) is 0.905. The highest BCUT2D eigenvalue weighted by atomic mass is 32.2. The van der Waals surface area contributed by atoms with Gasteiger partial charge < -0.3 is 14.2 Å². The lowest BCUT2D eigenvalue weighted by Gasteiger charge is -2.09. The molecule has 0 aliphatic carbocycles. The van der Waals surface area contributed by atoms with Crippen LogP contribution in [-0.4, -0.2) is 25.6 Å². The van der Waals surface area contributed by atoms with Crippen molar-refractivity contribution in [3.8, 4) is 17.2 Å². The van der Waals surface area contributed by atoms with Crippen molar-refractivity contribution in [1.29, 1.82) is 0 Å². The van der Waals surface area contributed by atoms with Crippen molar-refractivity contribution >= 4 is 11.8 Å². The number of fused-ring (bicyclic) bond motifs is 1. The maximum atomic E-state index is 12.8. The second-order valence-electron chi connectivity index (χ2n) is 4.81. The molecule has 0 aromatic heterocycles. The van der Waals surface area contributed by atoms with Crippen molar-refractivity contribution in [2.75, 3.05) is 25.6 Å². The second kappa shape index (κ2) is 7.40. The van der Waals surface area contributed by atoms with E-state index in [1.165, 1.54) is 12.1 Å². The van der Waals surface area contributed by atoms with Gasteiger partial charge in [-0.25, -0.2) is 4.39 Å². The number of thioether (sulfide) groups is 1. The minimum atomic E-state index is -0.256. The van der Waals surface area contributed by atoms with Crippen LogP contribution in [0.5, 0.6) is 17.2 Å². The highest BCUT2D eigenvalue weighted by Gasteiger charge is 2.10. The lowest BCUT2D eigenvalue weighted by atomic mass is 10.3. The summed E-state index contributed by atoms with van der Waals surface area (Å²) in [6.45, 7) is 1.95. The highest BCUT2D eigenvalue weighted by Crippen LogP contribution is 2.33. The summed E-state index contributed by atoms with van der Waals surface area (Å²) >= 11 is 1.69. The van der Waals surface area contributed by atoms with Crippen LogP contribution in [-0.2, 0) is 0 Å². The van der Waals surface area contributed by atoms with Crippen molar-refractivity contribution in [3.63, 3.8) is 0 Å². The van der Waals surface area contributed by atoms with E-state index in [1.54, 1.807) is 23.9 Å². The fraction of sp³-hybridized carbons (Fsp3) is 0.294. The Kier molecular flexibility index (Phi) is 5.06. The molecule has 0 bridgehead atoms. The van der Waals surface area contributed by atoms with Gasteiger partial charge >= 0.3 is 0 Å². The quantitative estimate of drug-likeness (QED) is 0.611. The zero-order valence-electron chi connectivity index (χ0n) is 12.1. The van der Waals surface area contributed by atoms with E-state index < -0.39 is 0 Å². The summed E-state index contributed by atoms with van der Waals surface area (Å²) in [6, 6.07) is 12.0. The van der Waals surface area contributed by atoms with Gasteiger partial charge in [0.1, 0.15) is 11.6 Å². The van der Waals surface area contributed by atoms with Crippen molar-refractivity contribution in [3.05, 3.63) is 48.3 Å². The van der Waals surface area contributed by atoms with E-state index >= 15 is 0 Å². The Bertz CT molecular complexity index is 616. The molecule has 5 heteroatoms. The SMILES string of the molecule is Fc1ccc(OCCSc2ccc3c(c2)OCCCO3)cc1. The molecule has 1 heterocycles. The molecule has 3 rings (SSSR count). The third-order valence-corrected chi connectivity index (χ3v) is 4.11. The Hall–Kier alpha value is -1.88. The number of hydrogen-bond donors (Lipinski definition) is 0. The van der Waals surface area contributed by atoms with Crippen LogP contribution in [0.1, 0.15) is 6.42 Å². The van der Waals surface area contributed by atoms with E-state index in [-0.39, 0.29) is 5.82 Å². The van der Waals surface area contributed by atoms with Gasteiger partial charge in [0.25, 0.3) is 0 Å². The molecule has 0 atom stereocenters. The zero-order valence-corrected chi connectivity index (χ0v) is 12.9. The van der Waals surface area contributed by atoms with Crippen LogP contribution in [0.3, 0.4) is 0 Å². The molecular weight excluding hydrogens is 303 g/mol. The second-order valence-corrected chi connectivity index (χ2v) is 5.98. The van der Waals surface area contributed by atoms with Crippen LogP contribution in [0.25, 0.3) is 0 Å². The van der Waals surface area contributed by atoms with Crippen LogP contribution >= 0.6 is 11.8 Å². The Labute approximate surface area is 133 Å². The predicted octanol–water partition coefficient (Wildman–Crippen LogP) is 4.16. The number of hydrogen-bond acceptors (Lipinski definition) is 4. The van der Waals surface area contributed by atoms with Gasteiger partial charge in [-0.3, -0.25) is 0 Å². The lowest BCUT2D eigenvalue weighted by molar-refractivity contribution is 0.297. The largest absolute Gasteiger partial charge is 0.493 e.